The largest absolute Gasteiger partial charge is 0.256 e. The highest BCUT2D eigenvalue weighted by atomic mass is 32.1. The summed E-state index contributed by atoms with van der Waals surface area (Å²) in [6, 6.07) is 24.8. The molecule has 0 unspecified atom stereocenters. The molecule has 0 atom stereocenters. The molecule has 0 spiro atoms. The van der Waals surface area contributed by atoms with Crippen molar-refractivity contribution in [3.05, 3.63) is 85.2 Å². The van der Waals surface area contributed by atoms with E-state index in [9.17, 15) is 0 Å². The first-order valence-electron chi connectivity index (χ1n) is 9.32. The fourth-order valence-electron chi connectivity index (χ4n) is 3.77. The number of hydrogen-bond donors (Lipinski definition) is 0. The van der Waals surface area contributed by atoms with Crippen LogP contribution in [0.3, 0.4) is 0 Å². The maximum atomic E-state index is 4.61. The molecule has 136 valence electrons. The van der Waals surface area contributed by atoms with Crippen LogP contribution in [0.5, 0.6) is 0 Å². The number of hydrogen-bond acceptors (Lipinski definition) is 5. The molecular weight excluding hydrogens is 376 g/mol. The molecule has 0 aliphatic carbocycles. The van der Waals surface area contributed by atoms with Gasteiger partial charge in [0.1, 0.15) is 11.0 Å². The minimum Gasteiger partial charge on any atom is -0.256 e. The van der Waals surface area contributed by atoms with Gasteiger partial charge >= 0.3 is 0 Å². The molecule has 3 heterocycles. The van der Waals surface area contributed by atoms with Crippen LogP contribution in [-0.4, -0.2) is 18.7 Å². The Kier molecular flexibility index (Phi) is 3.61. The summed E-state index contributed by atoms with van der Waals surface area (Å²) in [6.07, 6.45) is 3.82. The number of benzene rings is 3. The monoisotopic (exact) mass is 390 g/mol. The van der Waals surface area contributed by atoms with Crippen LogP contribution in [0.25, 0.3) is 55.1 Å². The zero-order chi connectivity index (χ0) is 19.2. The molecule has 0 radical (unpaired) electrons. The first-order valence-corrected chi connectivity index (χ1v) is 10.1. The lowest BCUT2D eigenvalue weighted by Crippen LogP contribution is -1.88. The molecule has 0 aliphatic rings. The Labute approximate surface area is 170 Å². The van der Waals surface area contributed by atoms with Crippen LogP contribution in [0.15, 0.2) is 85.2 Å². The minimum atomic E-state index is 0.901. The summed E-state index contributed by atoms with van der Waals surface area (Å²) in [5.74, 6) is 0. The van der Waals surface area contributed by atoms with Crippen LogP contribution >= 0.6 is 11.7 Å². The van der Waals surface area contributed by atoms with Gasteiger partial charge in [-0.1, -0.05) is 48.5 Å². The summed E-state index contributed by atoms with van der Waals surface area (Å²) < 4.78 is 9.21. The summed E-state index contributed by atoms with van der Waals surface area (Å²) in [4.78, 5) is 9.22. The third kappa shape index (κ3) is 2.67. The summed E-state index contributed by atoms with van der Waals surface area (Å²) in [7, 11) is 0. The zero-order valence-corrected chi connectivity index (χ0v) is 16.1. The molecule has 0 aliphatic heterocycles. The third-order valence-electron chi connectivity index (χ3n) is 5.22. The highest BCUT2D eigenvalue weighted by Crippen LogP contribution is 2.35. The van der Waals surface area contributed by atoms with E-state index in [4.69, 9.17) is 0 Å². The lowest BCUT2D eigenvalue weighted by Gasteiger charge is -2.08. The van der Waals surface area contributed by atoms with Gasteiger partial charge in [0.05, 0.1) is 22.8 Å². The van der Waals surface area contributed by atoms with Crippen LogP contribution in [0, 0.1) is 0 Å². The minimum absolute atomic E-state index is 0.901. The number of rotatable bonds is 2. The van der Waals surface area contributed by atoms with Gasteiger partial charge in [-0.2, -0.15) is 8.75 Å². The fraction of sp³-hybridized carbons (Fsp3) is 0. The van der Waals surface area contributed by atoms with E-state index in [1.807, 2.05) is 48.8 Å². The highest BCUT2D eigenvalue weighted by Gasteiger charge is 2.14. The number of fused-ring (bicyclic) bond motifs is 3. The molecule has 0 N–H and O–H groups in total. The van der Waals surface area contributed by atoms with Crippen LogP contribution in [-0.2, 0) is 0 Å². The Balaban J connectivity index is 1.54. The molecule has 0 saturated carbocycles. The average molecular weight is 390 g/mol. The van der Waals surface area contributed by atoms with E-state index < -0.39 is 0 Å². The van der Waals surface area contributed by atoms with E-state index in [1.165, 1.54) is 11.7 Å². The molecule has 6 aromatic rings. The Morgan fingerprint density at radius 2 is 1.03 bits per heavy atom. The summed E-state index contributed by atoms with van der Waals surface area (Å²) >= 11 is 1.24. The van der Waals surface area contributed by atoms with E-state index >= 15 is 0 Å². The van der Waals surface area contributed by atoms with Crippen LogP contribution in [0.4, 0.5) is 0 Å². The second-order valence-corrected chi connectivity index (χ2v) is 7.48. The second-order valence-electron chi connectivity index (χ2n) is 6.96. The Morgan fingerprint density at radius 1 is 0.552 bits per heavy atom. The quantitative estimate of drug-likeness (QED) is 0.357. The van der Waals surface area contributed by atoms with Crippen LogP contribution in [0.2, 0.25) is 0 Å². The zero-order valence-electron chi connectivity index (χ0n) is 15.3. The number of pyridine rings is 2. The molecule has 3 aromatic heterocycles. The number of aromatic nitrogens is 4. The van der Waals surface area contributed by atoms with Gasteiger partial charge in [-0.3, -0.25) is 9.97 Å². The van der Waals surface area contributed by atoms with Crippen LogP contribution < -0.4 is 0 Å². The summed E-state index contributed by atoms with van der Waals surface area (Å²) in [5.41, 5.74) is 7.96. The van der Waals surface area contributed by atoms with Crippen molar-refractivity contribution in [2.45, 2.75) is 0 Å². The molecule has 5 heteroatoms. The first-order chi connectivity index (χ1) is 14.4. The van der Waals surface area contributed by atoms with Gasteiger partial charge in [0.15, 0.2) is 0 Å². The van der Waals surface area contributed by atoms with E-state index in [0.29, 0.717) is 0 Å². The van der Waals surface area contributed by atoms with Crippen molar-refractivity contribution in [2.75, 3.05) is 0 Å². The van der Waals surface area contributed by atoms with Gasteiger partial charge in [0.25, 0.3) is 0 Å². The van der Waals surface area contributed by atoms with Crippen molar-refractivity contribution in [1.82, 2.24) is 18.7 Å². The predicted molar refractivity (Wildman–Crippen MR) is 119 cm³/mol. The normalized spacial score (nSPS) is 11.4. The first kappa shape index (κ1) is 16.3. The molecular formula is C24H14N4S. The van der Waals surface area contributed by atoms with Gasteiger partial charge in [0.2, 0.25) is 0 Å². The van der Waals surface area contributed by atoms with Crippen molar-refractivity contribution in [2.24, 2.45) is 0 Å². The predicted octanol–water partition coefficient (Wildman–Crippen LogP) is 6.12. The molecule has 3 aromatic carbocycles. The summed E-state index contributed by atoms with van der Waals surface area (Å²) in [5, 5.41) is 2.23. The molecule has 0 amide bonds. The van der Waals surface area contributed by atoms with Crippen molar-refractivity contribution in [1.29, 1.82) is 0 Å². The standard InChI is InChI=1S/C24H14N4S/c1-3-7-21-15(5-1)11-17(13-25-21)19-9-10-20(24-23(19)27-29-28-24)18-12-16-6-2-4-8-22(16)26-14-18/h1-14H. The average Bonchev–Trinajstić information content (AvgIpc) is 3.28. The van der Waals surface area contributed by atoms with Crippen molar-refractivity contribution in [3.8, 4) is 22.3 Å². The van der Waals surface area contributed by atoms with Gasteiger partial charge < -0.3 is 0 Å². The van der Waals surface area contributed by atoms with Crippen LogP contribution in [0.1, 0.15) is 0 Å². The van der Waals surface area contributed by atoms with Crippen molar-refractivity contribution < 1.29 is 0 Å². The van der Waals surface area contributed by atoms with E-state index in [2.05, 4.69) is 55.1 Å². The topological polar surface area (TPSA) is 51.6 Å². The van der Waals surface area contributed by atoms with E-state index in [1.54, 1.807) is 0 Å². The molecule has 0 saturated heterocycles. The maximum Gasteiger partial charge on any atom is 0.113 e. The fourth-order valence-corrected chi connectivity index (χ4v) is 4.34. The van der Waals surface area contributed by atoms with E-state index in [0.717, 1.165) is 55.1 Å². The lowest BCUT2D eigenvalue weighted by molar-refractivity contribution is 1.40. The van der Waals surface area contributed by atoms with Crippen molar-refractivity contribution >= 4 is 44.6 Å². The number of para-hydroxylation sites is 2. The smallest absolute Gasteiger partial charge is 0.113 e. The van der Waals surface area contributed by atoms with Gasteiger partial charge in [0, 0.05) is 45.4 Å². The second kappa shape index (κ2) is 6.43. The molecule has 0 bridgehead atoms. The lowest BCUT2D eigenvalue weighted by atomic mass is 9.98. The van der Waals surface area contributed by atoms with Gasteiger partial charge in [-0.25, -0.2) is 0 Å². The molecule has 4 nitrogen and oxygen atoms in total. The molecule has 29 heavy (non-hydrogen) atoms. The van der Waals surface area contributed by atoms with Gasteiger partial charge in [-0.15, -0.1) is 0 Å². The van der Waals surface area contributed by atoms with Gasteiger partial charge in [-0.05, 0) is 24.3 Å². The maximum absolute atomic E-state index is 4.61. The number of nitrogens with zero attached hydrogens (tertiary/aromatic N) is 4. The Morgan fingerprint density at radius 3 is 1.55 bits per heavy atom. The summed E-state index contributed by atoms with van der Waals surface area (Å²) in [6.45, 7) is 0. The molecule has 6 rings (SSSR count). The SMILES string of the molecule is c1ccc2ncc(-c3ccc(-c4cnc5ccccc5c4)c4nsnc34)cc2c1. The third-order valence-corrected chi connectivity index (χ3v) is 5.75. The highest BCUT2D eigenvalue weighted by molar-refractivity contribution is 7.00. The Bertz CT molecular complexity index is 1410. The molecule has 0 fully saturated rings. The van der Waals surface area contributed by atoms with Crippen molar-refractivity contribution in [3.63, 3.8) is 0 Å². The van der Waals surface area contributed by atoms with E-state index in [-0.39, 0.29) is 0 Å². The Hall–Kier alpha value is -3.70.